The summed E-state index contributed by atoms with van der Waals surface area (Å²) in [6.45, 7) is 8.13. The predicted octanol–water partition coefficient (Wildman–Crippen LogP) is 2.23. The normalized spacial score (nSPS) is 22.0. The zero-order valence-electron chi connectivity index (χ0n) is 17.4. The van der Waals surface area contributed by atoms with Crippen molar-refractivity contribution in [2.45, 2.75) is 58.2 Å². The maximum Gasteiger partial charge on any atom is 0.322 e. The topological polar surface area (TPSA) is 81.8 Å². The lowest BCUT2D eigenvalue weighted by Gasteiger charge is -2.35. The Balaban J connectivity index is 1.69. The first-order chi connectivity index (χ1) is 13.7. The Kier molecular flexibility index (Phi) is 4.63. The zero-order valence-corrected chi connectivity index (χ0v) is 17.4. The van der Waals surface area contributed by atoms with Crippen LogP contribution >= 0.6 is 0 Å². The Labute approximate surface area is 171 Å². The summed E-state index contributed by atoms with van der Waals surface area (Å²) in [5.41, 5.74) is 2.22. The van der Waals surface area contributed by atoms with E-state index in [1.54, 1.807) is 23.6 Å². The third-order valence-corrected chi connectivity index (χ3v) is 6.09. The van der Waals surface area contributed by atoms with Crippen molar-refractivity contribution in [2.75, 3.05) is 13.1 Å². The lowest BCUT2D eigenvalue weighted by molar-refractivity contribution is -0.141. The summed E-state index contributed by atoms with van der Waals surface area (Å²) < 4.78 is 0. The second kappa shape index (κ2) is 6.90. The van der Waals surface area contributed by atoms with Gasteiger partial charge in [0.05, 0.1) is 23.9 Å². The van der Waals surface area contributed by atoms with E-state index in [0.717, 1.165) is 24.0 Å². The number of nitrogens with zero attached hydrogens (tertiary/aromatic N) is 2. The highest BCUT2D eigenvalue weighted by molar-refractivity contribution is 6.04. The van der Waals surface area contributed by atoms with Crippen LogP contribution in [-0.4, -0.2) is 52.3 Å². The van der Waals surface area contributed by atoms with E-state index >= 15 is 0 Å². The minimum absolute atomic E-state index is 0.151. The average Bonchev–Trinajstić information content (AvgIpc) is 3.42. The summed E-state index contributed by atoms with van der Waals surface area (Å²) in [5.74, 6) is -0.345. The monoisotopic (exact) mass is 396 g/mol. The molecule has 0 radical (unpaired) electrons. The molecule has 1 aromatic rings. The first-order valence-corrected chi connectivity index (χ1v) is 10.2. The second-order valence-corrected chi connectivity index (χ2v) is 8.60. The molecule has 0 bridgehead atoms. The maximum atomic E-state index is 13.5. The van der Waals surface area contributed by atoms with Gasteiger partial charge in [-0.15, -0.1) is 0 Å². The number of rotatable bonds is 5. The lowest BCUT2D eigenvalue weighted by Crippen LogP contribution is -2.56. The van der Waals surface area contributed by atoms with Crippen molar-refractivity contribution in [3.63, 3.8) is 0 Å². The third-order valence-electron chi connectivity index (χ3n) is 6.09. The largest absolute Gasteiger partial charge is 0.351 e. The quantitative estimate of drug-likeness (QED) is 0.801. The Hall–Kier alpha value is -2.83. The molecule has 7 nitrogen and oxygen atoms in total. The van der Waals surface area contributed by atoms with Crippen LogP contribution in [0.15, 0.2) is 35.5 Å². The van der Waals surface area contributed by atoms with Crippen molar-refractivity contribution in [2.24, 2.45) is 0 Å². The number of hydrogen-bond acceptors (Lipinski definition) is 3. The van der Waals surface area contributed by atoms with E-state index < -0.39 is 11.6 Å². The highest BCUT2D eigenvalue weighted by Gasteiger charge is 2.50. The first-order valence-electron chi connectivity index (χ1n) is 10.2. The molecule has 2 N–H and O–H groups in total. The number of likely N-dealkylation sites (N-methyl/N-ethyl adjacent to an activating group) is 1. The van der Waals surface area contributed by atoms with Gasteiger partial charge in [-0.25, -0.2) is 4.79 Å². The van der Waals surface area contributed by atoms with Gasteiger partial charge in [0.1, 0.15) is 5.54 Å². The van der Waals surface area contributed by atoms with E-state index in [9.17, 15) is 14.4 Å². The molecule has 1 saturated carbocycles. The van der Waals surface area contributed by atoms with E-state index in [-0.39, 0.29) is 30.4 Å². The molecule has 0 spiro atoms. The van der Waals surface area contributed by atoms with Crippen molar-refractivity contribution >= 4 is 17.8 Å². The van der Waals surface area contributed by atoms with Crippen molar-refractivity contribution in [1.29, 1.82) is 0 Å². The highest BCUT2D eigenvalue weighted by atomic mass is 16.2. The number of nitrogens with one attached hydrogen (secondary N) is 2. The molecule has 154 valence electrons. The Bertz CT molecular complexity index is 899. The molecular weight excluding hydrogens is 368 g/mol. The van der Waals surface area contributed by atoms with Crippen LogP contribution in [0, 0.1) is 6.92 Å². The van der Waals surface area contributed by atoms with Gasteiger partial charge in [0, 0.05) is 12.6 Å². The molecule has 2 aliphatic heterocycles. The van der Waals surface area contributed by atoms with Gasteiger partial charge in [0.25, 0.3) is 5.91 Å². The number of benzene rings is 1. The molecule has 3 aliphatic rings. The van der Waals surface area contributed by atoms with Gasteiger partial charge in [0.15, 0.2) is 0 Å². The lowest BCUT2D eigenvalue weighted by atomic mass is 9.94. The fourth-order valence-corrected chi connectivity index (χ4v) is 4.00. The average molecular weight is 396 g/mol. The molecule has 29 heavy (non-hydrogen) atoms. The molecule has 0 saturated heterocycles. The third kappa shape index (κ3) is 3.28. The molecule has 1 aromatic carbocycles. The standard InChI is InChI=1S/C22H28N4O3/c1-5-25-16-12-26(22(3,4)20(28)23-15-10-11-15)19(27)17(16)18(24-21(25)29)14-8-6-13(2)7-9-14/h6-9,15,18H,5,10-12H2,1-4H3,(H,23,28)(H,24,29)/t18-/m0/s1. The van der Waals surface area contributed by atoms with Gasteiger partial charge >= 0.3 is 6.03 Å². The van der Waals surface area contributed by atoms with Crippen molar-refractivity contribution in [1.82, 2.24) is 20.4 Å². The molecule has 2 heterocycles. The summed E-state index contributed by atoms with van der Waals surface area (Å²) in [7, 11) is 0. The molecular formula is C22H28N4O3. The summed E-state index contributed by atoms with van der Waals surface area (Å²) in [5, 5.41) is 5.99. The smallest absolute Gasteiger partial charge is 0.322 e. The molecule has 4 amide bonds. The number of hydrogen-bond donors (Lipinski definition) is 2. The van der Waals surface area contributed by atoms with Gasteiger partial charge in [-0.05, 0) is 46.1 Å². The number of aryl methyl sites for hydroxylation is 1. The predicted molar refractivity (Wildman–Crippen MR) is 109 cm³/mol. The summed E-state index contributed by atoms with van der Waals surface area (Å²) >= 11 is 0. The van der Waals surface area contributed by atoms with Gasteiger partial charge in [0.2, 0.25) is 5.91 Å². The number of carbonyl (C=O) groups is 3. The van der Waals surface area contributed by atoms with Crippen molar-refractivity contribution in [3.05, 3.63) is 46.7 Å². The van der Waals surface area contributed by atoms with Crippen molar-refractivity contribution < 1.29 is 14.4 Å². The maximum absolute atomic E-state index is 13.5. The van der Waals surface area contributed by atoms with Gasteiger partial charge in [-0.2, -0.15) is 0 Å². The molecule has 1 aliphatic carbocycles. The molecule has 4 rings (SSSR count). The Morgan fingerprint density at radius 2 is 1.86 bits per heavy atom. The molecule has 0 unspecified atom stereocenters. The first kappa shape index (κ1) is 19.5. The molecule has 1 fully saturated rings. The van der Waals surface area contributed by atoms with Crippen LogP contribution in [0.2, 0.25) is 0 Å². The van der Waals surface area contributed by atoms with Crippen LogP contribution in [-0.2, 0) is 9.59 Å². The van der Waals surface area contributed by atoms with Crippen LogP contribution in [0.1, 0.15) is 50.8 Å². The van der Waals surface area contributed by atoms with E-state index in [2.05, 4.69) is 10.6 Å². The summed E-state index contributed by atoms with van der Waals surface area (Å²) in [6, 6.07) is 7.31. The molecule has 1 atom stereocenters. The van der Waals surface area contributed by atoms with Gasteiger partial charge in [-0.1, -0.05) is 29.8 Å². The van der Waals surface area contributed by atoms with Crippen LogP contribution in [0.4, 0.5) is 4.79 Å². The van der Waals surface area contributed by atoms with E-state index in [0.29, 0.717) is 17.8 Å². The summed E-state index contributed by atoms with van der Waals surface area (Å²) in [6.07, 6.45) is 1.98. The molecule has 7 heteroatoms. The SMILES string of the molecule is CCN1C(=O)N[C@@H](c2ccc(C)cc2)C2=C1CN(C(C)(C)C(=O)NC1CC1)C2=O. The minimum Gasteiger partial charge on any atom is -0.351 e. The fourth-order valence-electron chi connectivity index (χ4n) is 4.00. The number of amides is 4. The number of carbonyl (C=O) groups excluding carboxylic acids is 3. The van der Waals surface area contributed by atoms with Crippen molar-refractivity contribution in [3.8, 4) is 0 Å². The summed E-state index contributed by atoms with van der Waals surface area (Å²) in [4.78, 5) is 42.3. The van der Waals surface area contributed by atoms with E-state index in [1.807, 2.05) is 38.1 Å². The van der Waals surface area contributed by atoms with Gasteiger partial charge < -0.3 is 15.5 Å². The van der Waals surface area contributed by atoms with Crippen LogP contribution < -0.4 is 10.6 Å². The minimum atomic E-state index is -1.00. The zero-order chi connectivity index (χ0) is 20.9. The van der Waals surface area contributed by atoms with Gasteiger partial charge in [-0.3, -0.25) is 14.5 Å². The van der Waals surface area contributed by atoms with E-state index in [4.69, 9.17) is 0 Å². The van der Waals surface area contributed by atoms with Crippen LogP contribution in [0.3, 0.4) is 0 Å². The van der Waals surface area contributed by atoms with E-state index in [1.165, 1.54) is 0 Å². The Morgan fingerprint density at radius 3 is 2.45 bits per heavy atom. The number of urea groups is 1. The van der Waals surface area contributed by atoms with Crippen LogP contribution in [0.25, 0.3) is 0 Å². The Morgan fingerprint density at radius 1 is 1.21 bits per heavy atom. The second-order valence-electron chi connectivity index (χ2n) is 8.60. The highest BCUT2D eigenvalue weighted by Crippen LogP contribution is 2.39. The van der Waals surface area contributed by atoms with Crippen LogP contribution in [0.5, 0.6) is 0 Å². The molecule has 0 aromatic heterocycles. The fraction of sp³-hybridized carbons (Fsp3) is 0.500.